The van der Waals surface area contributed by atoms with Crippen molar-refractivity contribution in [3.05, 3.63) is 71.2 Å². The summed E-state index contributed by atoms with van der Waals surface area (Å²) in [6, 6.07) is 15.1. The highest BCUT2D eigenvalue weighted by atomic mass is 35.5. The molecule has 30 heavy (non-hydrogen) atoms. The van der Waals surface area contributed by atoms with Gasteiger partial charge in [-0.1, -0.05) is 35.9 Å². The van der Waals surface area contributed by atoms with Gasteiger partial charge in [-0.3, -0.25) is 4.98 Å². The summed E-state index contributed by atoms with van der Waals surface area (Å²) in [5.41, 5.74) is 2.90. The Balaban J connectivity index is 1.51. The van der Waals surface area contributed by atoms with Gasteiger partial charge in [-0.05, 0) is 38.1 Å². The van der Waals surface area contributed by atoms with Gasteiger partial charge in [-0.15, -0.1) is 0 Å². The number of amides is 2. The highest BCUT2D eigenvalue weighted by Crippen LogP contribution is 2.32. The summed E-state index contributed by atoms with van der Waals surface area (Å²) in [6.07, 6.45) is 1.73. The van der Waals surface area contributed by atoms with Crippen molar-refractivity contribution in [1.29, 1.82) is 0 Å². The fourth-order valence-electron chi connectivity index (χ4n) is 3.93. The van der Waals surface area contributed by atoms with Crippen molar-refractivity contribution in [3.63, 3.8) is 0 Å². The molecule has 7 heteroatoms. The van der Waals surface area contributed by atoms with Crippen LogP contribution in [0.5, 0.6) is 0 Å². The van der Waals surface area contributed by atoms with Gasteiger partial charge in [0.2, 0.25) is 5.69 Å². The fraction of sp³-hybridized carbons (Fsp3) is 0.261. The van der Waals surface area contributed by atoms with Gasteiger partial charge in [0, 0.05) is 47.5 Å². The largest absolute Gasteiger partial charge is 0.365 e. The second kappa shape index (κ2) is 8.21. The smallest absolute Gasteiger partial charge is 0.322 e. The lowest BCUT2D eigenvalue weighted by molar-refractivity contribution is 0.173. The number of halogens is 1. The predicted molar refractivity (Wildman–Crippen MR) is 121 cm³/mol. The standard InChI is InChI=1S/C23H22ClN5O/c1-15-14-29(16(2)13-28(15)18-9-10-20(25-3)19(24)12-18)23(30)27-21-8-4-6-17-7-5-11-26-22(17)21/h4-12,15-16H,13-14H2,1-2H3,(H,27,30)/t15-,16+/m0/s1. The van der Waals surface area contributed by atoms with Crippen LogP contribution in [0.1, 0.15) is 13.8 Å². The molecule has 6 nitrogen and oxygen atoms in total. The molecule has 2 heterocycles. The van der Waals surface area contributed by atoms with Gasteiger partial charge in [0.25, 0.3) is 0 Å². The molecule has 1 aliphatic rings. The lowest BCUT2D eigenvalue weighted by Gasteiger charge is -2.45. The molecule has 0 bridgehead atoms. The first-order valence-corrected chi connectivity index (χ1v) is 10.2. The monoisotopic (exact) mass is 419 g/mol. The second-order valence-electron chi connectivity index (χ2n) is 7.56. The van der Waals surface area contributed by atoms with E-state index in [1.54, 1.807) is 12.3 Å². The molecule has 152 valence electrons. The molecule has 1 aromatic heterocycles. The number of nitrogens with zero attached hydrogens (tertiary/aromatic N) is 4. The van der Waals surface area contributed by atoms with Crippen molar-refractivity contribution >= 4 is 45.6 Å². The van der Waals surface area contributed by atoms with E-state index in [2.05, 4.69) is 27.0 Å². The van der Waals surface area contributed by atoms with Crippen molar-refractivity contribution < 1.29 is 4.79 Å². The van der Waals surface area contributed by atoms with E-state index in [0.717, 1.165) is 16.6 Å². The maximum Gasteiger partial charge on any atom is 0.322 e. The molecule has 4 rings (SSSR count). The maximum atomic E-state index is 13.1. The van der Waals surface area contributed by atoms with Gasteiger partial charge in [0.15, 0.2) is 0 Å². The molecule has 0 unspecified atom stereocenters. The van der Waals surface area contributed by atoms with E-state index in [9.17, 15) is 4.79 Å². The minimum Gasteiger partial charge on any atom is -0.365 e. The van der Waals surface area contributed by atoms with Crippen LogP contribution in [0, 0.1) is 6.57 Å². The fourth-order valence-corrected chi connectivity index (χ4v) is 4.14. The van der Waals surface area contributed by atoms with E-state index in [4.69, 9.17) is 18.2 Å². The first kappa shape index (κ1) is 20.0. The van der Waals surface area contributed by atoms with Crippen LogP contribution in [0.2, 0.25) is 5.02 Å². The number of aromatic nitrogens is 1. The third-order valence-electron chi connectivity index (χ3n) is 5.50. The number of nitrogens with one attached hydrogen (secondary N) is 1. The Bertz CT molecular complexity index is 1140. The Morgan fingerprint density at radius 1 is 1.17 bits per heavy atom. The van der Waals surface area contributed by atoms with Crippen LogP contribution in [0.4, 0.5) is 21.9 Å². The Morgan fingerprint density at radius 2 is 1.97 bits per heavy atom. The highest BCUT2D eigenvalue weighted by Gasteiger charge is 2.32. The molecule has 0 saturated carbocycles. The van der Waals surface area contributed by atoms with Gasteiger partial charge < -0.3 is 15.1 Å². The molecule has 2 atom stereocenters. The first-order valence-electron chi connectivity index (χ1n) is 9.83. The lowest BCUT2D eigenvalue weighted by Crippen LogP contribution is -2.59. The SMILES string of the molecule is [C-]#[N+]c1ccc(N2C[C@@H](C)N(C(=O)Nc3cccc4cccnc34)C[C@@H]2C)cc1Cl. The van der Waals surface area contributed by atoms with E-state index in [0.29, 0.717) is 29.5 Å². The Labute approximate surface area is 180 Å². The second-order valence-corrected chi connectivity index (χ2v) is 7.97. The van der Waals surface area contributed by atoms with Crippen LogP contribution in [0.25, 0.3) is 15.7 Å². The van der Waals surface area contributed by atoms with Crippen molar-refractivity contribution in [2.45, 2.75) is 25.9 Å². The van der Waals surface area contributed by atoms with Crippen molar-refractivity contribution in [3.8, 4) is 0 Å². The number of fused-ring (bicyclic) bond motifs is 1. The van der Waals surface area contributed by atoms with Gasteiger partial charge in [0.05, 0.1) is 17.8 Å². The molecule has 0 radical (unpaired) electrons. The number of pyridine rings is 1. The minimum absolute atomic E-state index is 0.00319. The number of rotatable bonds is 2. The molecular formula is C23H22ClN5O. The number of carbonyl (C=O) groups excluding carboxylic acids is 1. The average molecular weight is 420 g/mol. The summed E-state index contributed by atoms with van der Waals surface area (Å²) in [7, 11) is 0. The van der Waals surface area contributed by atoms with Crippen LogP contribution in [0.3, 0.4) is 0 Å². The molecule has 1 aliphatic heterocycles. The average Bonchev–Trinajstić information content (AvgIpc) is 2.75. The highest BCUT2D eigenvalue weighted by molar-refractivity contribution is 6.33. The molecule has 0 spiro atoms. The molecular weight excluding hydrogens is 398 g/mol. The third-order valence-corrected chi connectivity index (χ3v) is 5.81. The van der Waals surface area contributed by atoms with Crippen LogP contribution >= 0.6 is 11.6 Å². The Hall–Kier alpha value is -3.30. The van der Waals surface area contributed by atoms with Crippen LogP contribution in [-0.4, -0.2) is 41.1 Å². The van der Waals surface area contributed by atoms with Crippen molar-refractivity contribution in [1.82, 2.24) is 9.88 Å². The van der Waals surface area contributed by atoms with Crippen molar-refractivity contribution in [2.24, 2.45) is 0 Å². The number of hydrogen-bond acceptors (Lipinski definition) is 3. The number of piperazine rings is 1. The number of benzene rings is 2. The number of hydrogen-bond donors (Lipinski definition) is 1. The molecule has 3 aromatic rings. The van der Waals surface area contributed by atoms with E-state index < -0.39 is 0 Å². The number of urea groups is 1. The lowest BCUT2D eigenvalue weighted by atomic mass is 10.1. The molecule has 1 fully saturated rings. The molecule has 2 amide bonds. The van der Waals surface area contributed by atoms with Gasteiger partial charge in [-0.2, -0.15) is 0 Å². The summed E-state index contributed by atoms with van der Waals surface area (Å²) in [6.45, 7) is 12.5. The summed E-state index contributed by atoms with van der Waals surface area (Å²) in [4.78, 5) is 25.0. The van der Waals surface area contributed by atoms with Crippen LogP contribution in [0.15, 0.2) is 54.7 Å². The van der Waals surface area contributed by atoms with E-state index in [1.165, 1.54) is 0 Å². The van der Waals surface area contributed by atoms with Crippen LogP contribution in [-0.2, 0) is 0 Å². The summed E-state index contributed by atoms with van der Waals surface area (Å²) >= 11 is 6.23. The van der Waals surface area contributed by atoms with Crippen molar-refractivity contribution in [2.75, 3.05) is 23.3 Å². The van der Waals surface area contributed by atoms with E-state index >= 15 is 0 Å². The van der Waals surface area contributed by atoms with E-state index in [1.807, 2.05) is 54.3 Å². The van der Waals surface area contributed by atoms with Gasteiger partial charge >= 0.3 is 6.03 Å². The topological polar surface area (TPSA) is 52.8 Å². The van der Waals surface area contributed by atoms with Crippen LogP contribution < -0.4 is 10.2 Å². The normalized spacial score (nSPS) is 18.9. The van der Waals surface area contributed by atoms with E-state index in [-0.39, 0.29) is 18.1 Å². The first-order chi connectivity index (χ1) is 14.5. The summed E-state index contributed by atoms with van der Waals surface area (Å²) < 4.78 is 0. The Morgan fingerprint density at radius 3 is 2.73 bits per heavy atom. The molecule has 1 saturated heterocycles. The van der Waals surface area contributed by atoms with Gasteiger partial charge in [-0.25, -0.2) is 9.64 Å². The zero-order chi connectivity index (χ0) is 21.3. The zero-order valence-electron chi connectivity index (χ0n) is 16.8. The van der Waals surface area contributed by atoms with Gasteiger partial charge in [0.1, 0.15) is 0 Å². The summed E-state index contributed by atoms with van der Waals surface area (Å²) in [5.74, 6) is 0. The predicted octanol–water partition coefficient (Wildman–Crippen LogP) is 5.57. The maximum absolute atomic E-state index is 13.1. The minimum atomic E-state index is -0.131. The number of para-hydroxylation sites is 1. The quantitative estimate of drug-likeness (QED) is 0.552. The third kappa shape index (κ3) is 3.77. The molecule has 0 aliphatic carbocycles. The zero-order valence-corrected chi connectivity index (χ0v) is 17.6. The number of carbonyl (C=O) groups is 1. The molecule has 2 aromatic carbocycles. The molecule has 1 N–H and O–H groups in total. The Kier molecular flexibility index (Phi) is 5.47. The summed E-state index contributed by atoms with van der Waals surface area (Å²) in [5, 5.41) is 4.47. The number of anilines is 2.